The molecule has 1 fully saturated rings. The lowest BCUT2D eigenvalue weighted by Gasteiger charge is -2.33. The van der Waals surface area contributed by atoms with Crippen molar-refractivity contribution in [3.05, 3.63) is 42.3 Å². The Bertz CT molecular complexity index is 624. The predicted molar refractivity (Wildman–Crippen MR) is 82.6 cm³/mol. The van der Waals surface area contributed by atoms with Gasteiger partial charge in [0.2, 0.25) is 0 Å². The topological polar surface area (TPSA) is 21.1 Å². The van der Waals surface area contributed by atoms with E-state index >= 15 is 0 Å². The molecule has 104 valence electrons. The second-order valence-corrected chi connectivity index (χ2v) is 5.72. The number of halogens is 1. The van der Waals surface area contributed by atoms with E-state index < -0.39 is 5.34 Å². The third-order valence-corrected chi connectivity index (χ3v) is 4.26. The van der Waals surface area contributed by atoms with Crippen LogP contribution in [-0.4, -0.2) is 48.8 Å². The van der Waals surface area contributed by atoms with Crippen LogP contribution >= 0.6 is 0 Å². The van der Waals surface area contributed by atoms with Crippen molar-refractivity contribution in [3.63, 3.8) is 0 Å². The Kier molecular flexibility index (Phi) is 3.66. The van der Waals surface area contributed by atoms with Gasteiger partial charge in [0.15, 0.2) is 0 Å². The molecule has 0 N–H and O–H groups in total. The van der Waals surface area contributed by atoms with Crippen molar-refractivity contribution in [2.75, 3.05) is 7.05 Å². The van der Waals surface area contributed by atoms with Crippen molar-refractivity contribution in [2.24, 2.45) is 0 Å². The van der Waals surface area contributed by atoms with Crippen molar-refractivity contribution >= 4 is 15.7 Å². The molecule has 0 amide bonds. The molecule has 0 spiro atoms. The standard InChI is InChI=1S/C15H16B2FN3/c1-20-13(6-8-15(20,16)17)10-21-9-7-14(19-21)11-2-4-12(18)5-3-11/h2-5,7,9,13H,6,8,10H2,1H3/t13-/m0/s1. The van der Waals surface area contributed by atoms with Crippen molar-refractivity contribution in [1.82, 2.24) is 14.7 Å². The average Bonchev–Trinajstić information content (AvgIpc) is 3.00. The van der Waals surface area contributed by atoms with E-state index in [9.17, 15) is 4.39 Å². The third-order valence-electron chi connectivity index (χ3n) is 4.26. The molecule has 0 aliphatic carbocycles. The van der Waals surface area contributed by atoms with Crippen LogP contribution in [0.2, 0.25) is 0 Å². The van der Waals surface area contributed by atoms with E-state index in [1.165, 1.54) is 12.1 Å². The van der Waals surface area contributed by atoms with Gasteiger partial charge in [0.05, 0.1) is 27.9 Å². The summed E-state index contributed by atoms with van der Waals surface area (Å²) in [6, 6.07) is 8.55. The number of likely N-dealkylation sites (tertiary alicyclic amines) is 1. The van der Waals surface area contributed by atoms with E-state index in [0.717, 1.165) is 30.6 Å². The smallest absolute Gasteiger partial charge is 0.123 e. The Hall–Kier alpha value is -1.55. The summed E-state index contributed by atoms with van der Waals surface area (Å²) in [6.45, 7) is 0.744. The van der Waals surface area contributed by atoms with Crippen LogP contribution in [0.1, 0.15) is 12.8 Å². The second kappa shape index (κ2) is 5.34. The lowest BCUT2D eigenvalue weighted by molar-refractivity contribution is 0.238. The highest BCUT2D eigenvalue weighted by atomic mass is 19.1. The van der Waals surface area contributed by atoms with Gasteiger partial charge in [0, 0.05) is 17.8 Å². The maximum absolute atomic E-state index is 12.9. The minimum absolute atomic E-state index is 0.243. The van der Waals surface area contributed by atoms with Gasteiger partial charge in [-0.15, -0.1) is 0 Å². The van der Waals surface area contributed by atoms with Gasteiger partial charge in [-0.1, -0.05) is 5.34 Å². The first kappa shape index (κ1) is 14.4. The van der Waals surface area contributed by atoms with E-state index in [4.69, 9.17) is 15.7 Å². The summed E-state index contributed by atoms with van der Waals surface area (Å²) in [6.07, 6.45) is 3.66. The highest BCUT2D eigenvalue weighted by molar-refractivity contribution is 6.40. The minimum Gasteiger partial charge on any atom is -0.313 e. The molecule has 1 aliphatic rings. The number of benzene rings is 1. The Morgan fingerprint density at radius 2 is 2.00 bits per heavy atom. The maximum Gasteiger partial charge on any atom is 0.123 e. The fraction of sp³-hybridized carbons (Fsp3) is 0.400. The SMILES string of the molecule is [B]C1([B])CC[C@@H](Cn2ccc(-c3ccc(F)cc3)n2)N1C. The quantitative estimate of drug-likeness (QED) is 0.798. The Labute approximate surface area is 127 Å². The molecule has 6 heteroatoms. The highest BCUT2D eigenvalue weighted by Crippen LogP contribution is 2.28. The molecule has 1 aliphatic heterocycles. The van der Waals surface area contributed by atoms with Crippen LogP contribution in [0.25, 0.3) is 11.3 Å². The first-order valence-corrected chi connectivity index (χ1v) is 7.06. The molecule has 2 aromatic rings. The number of aromatic nitrogens is 2. The largest absolute Gasteiger partial charge is 0.313 e. The van der Waals surface area contributed by atoms with Gasteiger partial charge in [-0.05, 0) is 50.2 Å². The molecule has 1 saturated heterocycles. The summed E-state index contributed by atoms with van der Waals surface area (Å²) in [4.78, 5) is 2.01. The van der Waals surface area contributed by atoms with Gasteiger partial charge in [-0.3, -0.25) is 4.68 Å². The first-order chi connectivity index (χ1) is 9.95. The molecule has 4 radical (unpaired) electrons. The van der Waals surface area contributed by atoms with E-state index in [1.807, 2.05) is 28.9 Å². The third kappa shape index (κ3) is 2.91. The normalized spacial score (nSPS) is 21.7. The number of nitrogens with zero attached hydrogens (tertiary/aromatic N) is 3. The number of likely N-dealkylation sites (N-methyl/N-ethyl adjacent to an activating group) is 1. The fourth-order valence-electron chi connectivity index (χ4n) is 2.78. The van der Waals surface area contributed by atoms with Crippen molar-refractivity contribution in [2.45, 2.75) is 30.8 Å². The Morgan fingerprint density at radius 3 is 2.62 bits per heavy atom. The molecule has 0 unspecified atom stereocenters. The lowest BCUT2D eigenvalue weighted by atomic mass is 9.60. The zero-order chi connectivity index (χ0) is 15.0. The zero-order valence-electron chi connectivity index (χ0n) is 12.0. The molecule has 1 atom stereocenters. The van der Waals surface area contributed by atoms with E-state index in [-0.39, 0.29) is 11.9 Å². The van der Waals surface area contributed by atoms with Crippen LogP contribution in [-0.2, 0) is 6.54 Å². The molecule has 0 bridgehead atoms. The van der Waals surface area contributed by atoms with Gasteiger partial charge in [0.1, 0.15) is 5.82 Å². The molecule has 0 saturated carbocycles. The predicted octanol–water partition coefficient (Wildman–Crippen LogP) is 1.77. The Morgan fingerprint density at radius 1 is 1.29 bits per heavy atom. The molecular formula is C15H16B2FN3. The molecule has 3 rings (SSSR count). The van der Waals surface area contributed by atoms with Gasteiger partial charge < -0.3 is 4.90 Å². The van der Waals surface area contributed by atoms with Crippen LogP contribution in [0, 0.1) is 5.82 Å². The van der Waals surface area contributed by atoms with Crippen molar-refractivity contribution in [1.29, 1.82) is 0 Å². The van der Waals surface area contributed by atoms with Gasteiger partial charge >= 0.3 is 0 Å². The van der Waals surface area contributed by atoms with E-state index in [2.05, 4.69) is 5.10 Å². The summed E-state index contributed by atoms with van der Waals surface area (Å²) in [5.74, 6) is -0.243. The summed E-state index contributed by atoms with van der Waals surface area (Å²) in [7, 11) is 14.0. The molecular weight excluding hydrogens is 263 g/mol. The fourth-order valence-corrected chi connectivity index (χ4v) is 2.78. The monoisotopic (exact) mass is 279 g/mol. The summed E-state index contributed by atoms with van der Waals surface area (Å²) in [5, 5.41) is 3.82. The number of hydrogen-bond acceptors (Lipinski definition) is 2. The molecule has 21 heavy (non-hydrogen) atoms. The van der Waals surface area contributed by atoms with Crippen molar-refractivity contribution in [3.8, 4) is 11.3 Å². The van der Waals surface area contributed by atoms with Crippen LogP contribution in [0.15, 0.2) is 36.5 Å². The Balaban J connectivity index is 1.73. The highest BCUT2D eigenvalue weighted by Gasteiger charge is 2.35. The van der Waals surface area contributed by atoms with E-state index in [0.29, 0.717) is 0 Å². The van der Waals surface area contributed by atoms with Crippen LogP contribution in [0.5, 0.6) is 0 Å². The van der Waals surface area contributed by atoms with Crippen LogP contribution in [0.4, 0.5) is 4.39 Å². The number of rotatable bonds is 3. The number of hydrogen-bond donors (Lipinski definition) is 0. The maximum atomic E-state index is 12.9. The van der Waals surface area contributed by atoms with Crippen LogP contribution < -0.4 is 0 Å². The minimum atomic E-state index is -0.725. The van der Waals surface area contributed by atoms with Gasteiger partial charge in [-0.2, -0.15) is 5.10 Å². The molecule has 2 heterocycles. The summed E-state index contributed by atoms with van der Waals surface area (Å²) in [5.41, 5.74) is 1.74. The average molecular weight is 279 g/mol. The van der Waals surface area contributed by atoms with Gasteiger partial charge in [0.25, 0.3) is 0 Å². The molecule has 3 nitrogen and oxygen atoms in total. The summed E-state index contributed by atoms with van der Waals surface area (Å²) < 4.78 is 14.8. The first-order valence-electron chi connectivity index (χ1n) is 7.06. The lowest BCUT2D eigenvalue weighted by Crippen LogP contribution is -2.46. The molecule has 1 aromatic heterocycles. The van der Waals surface area contributed by atoms with Gasteiger partial charge in [-0.25, -0.2) is 4.39 Å². The molecule has 1 aromatic carbocycles. The second-order valence-electron chi connectivity index (χ2n) is 5.72. The summed E-state index contributed by atoms with van der Waals surface area (Å²) >= 11 is 0. The van der Waals surface area contributed by atoms with Crippen molar-refractivity contribution < 1.29 is 4.39 Å². The van der Waals surface area contributed by atoms with E-state index in [1.54, 1.807) is 12.1 Å². The zero-order valence-corrected chi connectivity index (χ0v) is 12.0. The van der Waals surface area contributed by atoms with Crippen LogP contribution in [0.3, 0.4) is 0 Å².